The van der Waals surface area contributed by atoms with E-state index in [9.17, 15) is 8.78 Å². The highest BCUT2D eigenvalue weighted by atomic mass is 35.5. The number of hydrogen-bond donors (Lipinski definition) is 0. The molecule has 2 nitrogen and oxygen atoms in total. The molecule has 0 aliphatic carbocycles. The summed E-state index contributed by atoms with van der Waals surface area (Å²) in [5, 5.41) is -0.357. The van der Waals surface area contributed by atoms with Gasteiger partial charge >= 0.3 is 0 Å². The Morgan fingerprint density at radius 3 is 2.43 bits per heavy atom. The van der Waals surface area contributed by atoms with Gasteiger partial charge in [-0.1, -0.05) is 0 Å². The summed E-state index contributed by atoms with van der Waals surface area (Å²) in [7, 11) is 0. The maximum absolute atomic E-state index is 13.6. The lowest BCUT2D eigenvalue weighted by Gasteiger charge is -2.13. The van der Waals surface area contributed by atoms with Crippen LogP contribution in [0.5, 0.6) is 0 Å². The summed E-state index contributed by atoms with van der Waals surface area (Å²) in [6.07, 6.45) is 0. The van der Waals surface area contributed by atoms with Crippen molar-refractivity contribution < 1.29 is 8.78 Å². The Labute approximate surface area is 126 Å². The van der Waals surface area contributed by atoms with E-state index in [0.29, 0.717) is 16.9 Å². The monoisotopic (exact) mass is 306 g/mol. The Kier molecular flexibility index (Phi) is 3.41. The maximum atomic E-state index is 13.6. The number of halogens is 3. The highest BCUT2D eigenvalue weighted by Gasteiger charge is 2.18. The first-order valence-corrected chi connectivity index (χ1v) is 6.99. The van der Waals surface area contributed by atoms with Crippen LogP contribution in [0.25, 0.3) is 16.7 Å². The first-order chi connectivity index (χ1) is 9.97. The molecule has 108 valence electrons. The van der Waals surface area contributed by atoms with Crippen molar-refractivity contribution in [2.75, 3.05) is 0 Å². The molecule has 0 spiro atoms. The van der Waals surface area contributed by atoms with Gasteiger partial charge in [-0.05, 0) is 49.7 Å². The van der Waals surface area contributed by atoms with Crippen LogP contribution in [0.4, 0.5) is 8.78 Å². The van der Waals surface area contributed by atoms with E-state index < -0.39 is 0 Å². The van der Waals surface area contributed by atoms with Crippen LogP contribution in [-0.4, -0.2) is 9.55 Å². The number of nitrogens with zero attached hydrogens (tertiary/aromatic N) is 2. The van der Waals surface area contributed by atoms with E-state index in [1.165, 1.54) is 24.3 Å². The standard InChI is InChI=1S/C16H13ClF2N2/c1-9-7-11(18)4-6-14(9)21-15-8-12(19)3-5-13(15)20-16(21)10(2)17/h3-8,10H,1-2H3. The van der Waals surface area contributed by atoms with Gasteiger partial charge in [-0.15, -0.1) is 11.6 Å². The molecule has 0 aliphatic heterocycles. The van der Waals surface area contributed by atoms with Crippen LogP contribution in [0.15, 0.2) is 36.4 Å². The number of benzene rings is 2. The molecule has 1 unspecified atom stereocenters. The molecule has 0 amide bonds. The summed E-state index contributed by atoms with van der Waals surface area (Å²) in [4.78, 5) is 4.46. The van der Waals surface area contributed by atoms with Gasteiger partial charge in [-0.3, -0.25) is 4.57 Å². The lowest BCUT2D eigenvalue weighted by atomic mass is 10.2. The normalized spacial score (nSPS) is 12.8. The molecule has 1 atom stereocenters. The molecule has 0 N–H and O–H groups in total. The molecule has 0 aliphatic rings. The van der Waals surface area contributed by atoms with Crippen molar-refractivity contribution in [3.8, 4) is 5.69 Å². The molecular formula is C16H13ClF2N2. The van der Waals surface area contributed by atoms with Gasteiger partial charge < -0.3 is 0 Å². The molecule has 0 fully saturated rings. The van der Waals surface area contributed by atoms with E-state index >= 15 is 0 Å². The predicted octanol–water partition coefficient (Wildman–Crippen LogP) is 4.91. The van der Waals surface area contributed by atoms with Crippen molar-refractivity contribution in [1.29, 1.82) is 0 Å². The zero-order valence-electron chi connectivity index (χ0n) is 11.6. The third-order valence-electron chi connectivity index (χ3n) is 3.40. The molecule has 1 heterocycles. The Balaban J connectivity index is 2.38. The first kappa shape index (κ1) is 14.0. The van der Waals surface area contributed by atoms with Crippen LogP contribution >= 0.6 is 11.6 Å². The number of hydrogen-bond acceptors (Lipinski definition) is 1. The van der Waals surface area contributed by atoms with Gasteiger partial charge in [-0.2, -0.15) is 0 Å². The van der Waals surface area contributed by atoms with Crippen LogP contribution in [0.2, 0.25) is 0 Å². The summed E-state index contributed by atoms with van der Waals surface area (Å²) >= 11 is 6.20. The number of alkyl halides is 1. The second kappa shape index (κ2) is 5.11. The lowest BCUT2D eigenvalue weighted by Crippen LogP contribution is -2.04. The summed E-state index contributed by atoms with van der Waals surface area (Å²) < 4.78 is 28.7. The average Bonchev–Trinajstić information content (AvgIpc) is 2.77. The second-order valence-electron chi connectivity index (χ2n) is 4.99. The average molecular weight is 307 g/mol. The number of aryl methyl sites for hydroxylation is 1. The number of rotatable bonds is 2. The molecule has 3 rings (SSSR count). The molecule has 0 radical (unpaired) electrons. The van der Waals surface area contributed by atoms with Crippen LogP contribution in [0.1, 0.15) is 23.7 Å². The van der Waals surface area contributed by atoms with Crippen molar-refractivity contribution in [2.24, 2.45) is 0 Å². The van der Waals surface area contributed by atoms with Gasteiger partial charge in [0.25, 0.3) is 0 Å². The van der Waals surface area contributed by atoms with Gasteiger partial charge in [-0.25, -0.2) is 13.8 Å². The molecule has 5 heteroatoms. The molecular weight excluding hydrogens is 294 g/mol. The van der Waals surface area contributed by atoms with Crippen LogP contribution in [-0.2, 0) is 0 Å². The highest BCUT2D eigenvalue weighted by molar-refractivity contribution is 6.20. The fraction of sp³-hybridized carbons (Fsp3) is 0.188. The third kappa shape index (κ3) is 2.40. The van der Waals surface area contributed by atoms with Crippen molar-refractivity contribution >= 4 is 22.6 Å². The highest BCUT2D eigenvalue weighted by Crippen LogP contribution is 2.30. The molecule has 21 heavy (non-hydrogen) atoms. The Hall–Kier alpha value is -1.94. The minimum absolute atomic E-state index is 0.313. The van der Waals surface area contributed by atoms with Gasteiger partial charge in [0.05, 0.1) is 22.1 Å². The molecule has 1 aromatic heterocycles. The minimum atomic E-state index is -0.357. The van der Waals surface area contributed by atoms with E-state index in [2.05, 4.69) is 4.98 Å². The van der Waals surface area contributed by atoms with Crippen LogP contribution in [0, 0.1) is 18.6 Å². The first-order valence-electron chi connectivity index (χ1n) is 6.56. The Bertz CT molecular complexity index is 825. The fourth-order valence-corrected chi connectivity index (χ4v) is 2.60. The van der Waals surface area contributed by atoms with E-state index in [1.807, 2.05) is 0 Å². The van der Waals surface area contributed by atoms with Gasteiger partial charge in [0.2, 0.25) is 0 Å². The number of fused-ring (bicyclic) bond motifs is 1. The van der Waals surface area contributed by atoms with E-state index in [0.717, 1.165) is 11.3 Å². The van der Waals surface area contributed by atoms with Crippen LogP contribution < -0.4 is 0 Å². The quantitative estimate of drug-likeness (QED) is 0.615. The SMILES string of the molecule is Cc1cc(F)ccc1-n1c(C(C)Cl)nc2ccc(F)cc21. The molecule has 2 aromatic carbocycles. The summed E-state index contributed by atoms with van der Waals surface area (Å²) in [6, 6.07) is 8.84. The largest absolute Gasteiger partial charge is 0.295 e. The van der Waals surface area contributed by atoms with Crippen LogP contribution in [0.3, 0.4) is 0 Å². The number of aromatic nitrogens is 2. The molecule has 3 aromatic rings. The zero-order chi connectivity index (χ0) is 15.1. The van der Waals surface area contributed by atoms with Crippen molar-refractivity contribution in [3.05, 3.63) is 59.4 Å². The molecule has 0 saturated carbocycles. The van der Waals surface area contributed by atoms with Crippen molar-refractivity contribution in [2.45, 2.75) is 19.2 Å². The van der Waals surface area contributed by atoms with E-state index in [4.69, 9.17) is 11.6 Å². The zero-order valence-corrected chi connectivity index (χ0v) is 12.3. The topological polar surface area (TPSA) is 17.8 Å². The smallest absolute Gasteiger partial charge is 0.132 e. The van der Waals surface area contributed by atoms with Gasteiger partial charge in [0.15, 0.2) is 0 Å². The Morgan fingerprint density at radius 1 is 1.10 bits per heavy atom. The predicted molar refractivity (Wildman–Crippen MR) is 80.0 cm³/mol. The third-order valence-corrected chi connectivity index (χ3v) is 3.59. The maximum Gasteiger partial charge on any atom is 0.132 e. The van der Waals surface area contributed by atoms with Gasteiger partial charge in [0.1, 0.15) is 17.5 Å². The summed E-state index contributed by atoms with van der Waals surface area (Å²) in [5.74, 6) is -0.0588. The van der Waals surface area contributed by atoms with E-state index in [-0.39, 0.29) is 17.0 Å². The molecule has 0 saturated heterocycles. The minimum Gasteiger partial charge on any atom is -0.295 e. The number of imidazole rings is 1. The van der Waals surface area contributed by atoms with Gasteiger partial charge in [0, 0.05) is 6.07 Å². The molecule has 0 bridgehead atoms. The van der Waals surface area contributed by atoms with Crippen molar-refractivity contribution in [3.63, 3.8) is 0 Å². The summed E-state index contributed by atoms with van der Waals surface area (Å²) in [5.41, 5.74) is 2.75. The fourth-order valence-electron chi connectivity index (χ4n) is 2.46. The van der Waals surface area contributed by atoms with E-state index in [1.54, 1.807) is 30.5 Å². The lowest BCUT2D eigenvalue weighted by molar-refractivity contribution is 0.625. The Morgan fingerprint density at radius 2 is 1.76 bits per heavy atom. The van der Waals surface area contributed by atoms with Crippen molar-refractivity contribution in [1.82, 2.24) is 9.55 Å². The second-order valence-corrected chi connectivity index (χ2v) is 5.64. The summed E-state index contributed by atoms with van der Waals surface area (Å²) in [6.45, 7) is 3.60.